The van der Waals surface area contributed by atoms with Crippen molar-refractivity contribution < 1.29 is 14.6 Å². The van der Waals surface area contributed by atoms with Gasteiger partial charge in [-0.3, -0.25) is 4.79 Å². The summed E-state index contributed by atoms with van der Waals surface area (Å²) >= 11 is 0. The predicted molar refractivity (Wildman–Crippen MR) is 118 cm³/mol. The first-order valence-corrected chi connectivity index (χ1v) is 10.2. The number of aliphatic hydroxyl groups is 1. The van der Waals surface area contributed by atoms with Crippen LogP contribution in [0.25, 0.3) is 10.8 Å². The summed E-state index contributed by atoms with van der Waals surface area (Å²) < 4.78 is 5.80. The molecule has 1 heterocycles. The molecule has 6 heteroatoms. The molecule has 2 N–H and O–H groups in total. The molecule has 0 aliphatic heterocycles. The molecule has 31 heavy (non-hydrogen) atoms. The first-order valence-electron chi connectivity index (χ1n) is 10.2. The van der Waals surface area contributed by atoms with Crippen LogP contribution >= 0.6 is 0 Å². The highest BCUT2D eigenvalue weighted by molar-refractivity contribution is 6.13. The zero-order valence-corrected chi connectivity index (χ0v) is 16.8. The molecular weight excluding hydrogens is 390 g/mol. The third-order valence-corrected chi connectivity index (χ3v) is 5.33. The van der Waals surface area contributed by atoms with Gasteiger partial charge in [-0.25, -0.2) is 4.98 Å². The minimum Gasteiger partial charge on any atom is -0.439 e. The molecule has 6 nitrogen and oxygen atoms in total. The van der Waals surface area contributed by atoms with Crippen LogP contribution in [0.4, 0.5) is 5.69 Å². The molecule has 0 atom stereocenters. The fourth-order valence-electron chi connectivity index (χ4n) is 3.64. The maximum Gasteiger partial charge on any atom is 0.256 e. The smallest absolute Gasteiger partial charge is 0.256 e. The summed E-state index contributed by atoms with van der Waals surface area (Å²) in [6.07, 6.45) is 3.98. The molecule has 0 saturated heterocycles. The van der Waals surface area contributed by atoms with Crippen LogP contribution in [0.15, 0.2) is 72.9 Å². The van der Waals surface area contributed by atoms with Crippen molar-refractivity contribution in [2.75, 3.05) is 5.32 Å². The van der Waals surface area contributed by atoms with Gasteiger partial charge in [0, 0.05) is 23.5 Å². The van der Waals surface area contributed by atoms with Crippen LogP contribution in [-0.2, 0) is 6.61 Å². The molecule has 4 aromatic rings. The fraction of sp³-hybridized carbons (Fsp3) is 0.160. The summed E-state index contributed by atoms with van der Waals surface area (Å²) in [6.45, 7) is -0.253. The number of hydrogen-bond donors (Lipinski definition) is 2. The molecule has 0 bridgehead atoms. The minimum atomic E-state index is -0.253. The number of rotatable bonds is 6. The van der Waals surface area contributed by atoms with Crippen molar-refractivity contribution in [1.82, 2.24) is 9.97 Å². The van der Waals surface area contributed by atoms with Crippen molar-refractivity contribution in [3.05, 3.63) is 89.9 Å². The van der Waals surface area contributed by atoms with E-state index < -0.39 is 0 Å². The Morgan fingerprint density at radius 1 is 1.06 bits per heavy atom. The number of anilines is 1. The molecule has 0 radical (unpaired) electrons. The molecule has 1 aliphatic rings. The SMILES string of the molecule is O=C(Nc1cccc(C2CC2)c1)c1cccc2cc(Oc3ccnc(CO)n3)ccc12. The van der Waals surface area contributed by atoms with E-state index in [1.54, 1.807) is 12.1 Å². The second-order valence-corrected chi connectivity index (χ2v) is 7.61. The molecule has 3 aromatic carbocycles. The predicted octanol–water partition coefficient (Wildman–Crippen LogP) is 5.04. The van der Waals surface area contributed by atoms with Gasteiger partial charge in [0.05, 0.1) is 0 Å². The van der Waals surface area contributed by atoms with Gasteiger partial charge in [0.15, 0.2) is 5.82 Å². The van der Waals surface area contributed by atoms with Crippen LogP contribution in [0.1, 0.15) is 40.5 Å². The van der Waals surface area contributed by atoms with Gasteiger partial charge < -0.3 is 15.2 Å². The van der Waals surface area contributed by atoms with Gasteiger partial charge in [-0.2, -0.15) is 4.98 Å². The number of ether oxygens (including phenoxy) is 1. The molecule has 1 amide bonds. The Morgan fingerprint density at radius 2 is 1.94 bits per heavy atom. The van der Waals surface area contributed by atoms with Gasteiger partial charge in [-0.05, 0) is 71.5 Å². The lowest BCUT2D eigenvalue weighted by atomic mass is 10.0. The van der Waals surface area contributed by atoms with Gasteiger partial charge in [0.2, 0.25) is 5.88 Å². The molecule has 1 aromatic heterocycles. The van der Waals surface area contributed by atoms with Crippen molar-refractivity contribution in [2.24, 2.45) is 0 Å². The lowest BCUT2D eigenvalue weighted by Gasteiger charge is -2.11. The Kier molecular flexibility index (Phi) is 5.06. The standard InChI is InChI=1S/C25H21N3O3/c29-15-23-26-12-11-24(28-23)31-20-9-10-21-18(14-20)4-2-6-22(21)25(30)27-19-5-1-3-17(13-19)16-7-8-16/h1-6,9-14,16,29H,7-8,15H2,(H,27,30). The maximum atomic E-state index is 13.0. The second-order valence-electron chi connectivity index (χ2n) is 7.61. The molecule has 0 unspecified atom stereocenters. The number of amides is 1. The summed E-state index contributed by atoms with van der Waals surface area (Å²) in [5.41, 5.74) is 2.70. The van der Waals surface area contributed by atoms with Gasteiger partial charge in [0.25, 0.3) is 5.91 Å². The van der Waals surface area contributed by atoms with E-state index in [1.165, 1.54) is 24.6 Å². The Bertz CT molecular complexity index is 1270. The number of fused-ring (bicyclic) bond motifs is 1. The number of nitrogens with zero attached hydrogens (tertiary/aromatic N) is 2. The van der Waals surface area contributed by atoms with Gasteiger partial charge >= 0.3 is 0 Å². The monoisotopic (exact) mass is 411 g/mol. The summed E-state index contributed by atoms with van der Waals surface area (Å²) in [5, 5.41) is 13.9. The summed E-state index contributed by atoms with van der Waals surface area (Å²) in [7, 11) is 0. The zero-order chi connectivity index (χ0) is 21.2. The Labute approximate surface area is 179 Å². The van der Waals surface area contributed by atoms with E-state index in [9.17, 15) is 9.90 Å². The van der Waals surface area contributed by atoms with Gasteiger partial charge in [-0.15, -0.1) is 0 Å². The molecule has 154 valence electrons. The molecular formula is C25H21N3O3. The maximum absolute atomic E-state index is 13.0. The van der Waals surface area contributed by atoms with E-state index in [0.29, 0.717) is 28.9 Å². The largest absolute Gasteiger partial charge is 0.439 e. The quantitative estimate of drug-likeness (QED) is 0.464. The number of benzene rings is 3. The Hall–Kier alpha value is -3.77. The lowest BCUT2D eigenvalue weighted by molar-refractivity contribution is 0.102. The normalized spacial score (nSPS) is 13.2. The van der Waals surface area contributed by atoms with E-state index in [4.69, 9.17) is 4.74 Å². The van der Waals surface area contributed by atoms with E-state index in [-0.39, 0.29) is 12.5 Å². The van der Waals surface area contributed by atoms with Crippen LogP contribution in [-0.4, -0.2) is 21.0 Å². The first kappa shape index (κ1) is 19.2. The number of nitrogens with one attached hydrogen (secondary N) is 1. The molecule has 1 fully saturated rings. The Morgan fingerprint density at radius 3 is 2.77 bits per heavy atom. The third-order valence-electron chi connectivity index (χ3n) is 5.33. The van der Waals surface area contributed by atoms with Crippen molar-refractivity contribution in [3.63, 3.8) is 0 Å². The summed E-state index contributed by atoms with van der Waals surface area (Å²) in [4.78, 5) is 21.1. The summed E-state index contributed by atoms with van der Waals surface area (Å²) in [6, 6.07) is 20.9. The molecule has 0 spiro atoms. The first-order chi connectivity index (χ1) is 15.2. The van der Waals surface area contributed by atoms with E-state index in [1.807, 2.05) is 42.5 Å². The fourth-order valence-corrected chi connectivity index (χ4v) is 3.64. The topological polar surface area (TPSA) is 84.3 Å². The third kappa shape index (κ3) is 4.25. The van der Waals surface area contributed by atoms with Crippen LogP contribution in [0.5, 0.6) is 11.6 Å². The van der Waals surface area contributed by atoms with Crippen molar-refractivity contribution in [1.29, 1.82) is 0 Å². The second kappa shape index (κ2) is 8.16. The summed E-state index contributed by atoms with van der Waals surface area (Å²) in [5.74, 6) is 1.72. The van der Waals surface area contributed by atoms with E-state index in [2.05, 4.69) is 27.4 Å². The molecule has 1 saturated carbocycles. The van der Waals surface area contributed by atoms with Crippen LogP contribution in [0.3, 0.4) is 0 Å². The van der Waals surface area contributed by atoms with Gasteiger partial charge in [0.1, 0.15) is 12.4 Å². The average Bonchev–Trinajstić information content (AvgIpc) is 3.64. The molecule has 5 rings (SSSR count). The highest BCUT2D eigenvalue weighted by Gasteiger charge is 2.23. The zero-order valence-electron chi connectivity index (χ0n) is 16.8. The van der Waals surface area contributed by atoms with Crippen LogP contribution in [0, 0.1) is 0 Å². The van der Waals surface area contributed by atoms with E-state index >= 15 is 0 Å². The van der Waals surface area contributed by atoms with Crippen molar-refractivity contribution in [3.8, 4) is 11.6 Å². The average molecular weight is 411 g/mol. The Balaban J connectivity index is 1.39. The van der Waals surface area contributed by atoms with Crippen LogP contribution < -0.4 is 10.1 Å². The number of carbonyl (C=O) groups is 1. The number of hydrogen-bond acceptors (Lipinski definition) is 5. The van der Waals surface area contributed by atoms with Crippen molar-refractivity contribution in [2.45, 2.75) is 25.4 Å². The highest BCUT2D eigenvalue weighted by atomic mass is 16.5. The van der Waals surface area contributed by atoms with Crippen molar-refractivity contribution >= 4 is 22.4 Å². The number of aliphatic hydroxyl groups excluding tert-OH is 1. The number of aromatic nitrogens is 2. The van der Waals surface area contributed by atoms with Gasteiger partial charge in [-0.1, -0.05) is 24.3 Å². The van der Waals surface area contributed by atoms with E-state index in [0.717, 1.165) is 16.5 Å². The van der Waals surface area contributed by atoms with Crippen LogP contribution in [0.2, 0.25) is 0 Å². The minimum absolute atomic E-state index is 0.143. The highest BCUT2D eigenvalue weighted by Crippen LogP contribution is 2.40. The lowest BCUT2D eigenvalue weighted by Crippen LogP contribution is -2.12. The molecule has 1 aliphatic carbocycles. The number of carbonyl (C=O) groups excluding carboxylic acids is 1.